The Labute approximate surface area is 97.4 Å². The van der Waals surface area contributed by atoms with Crippen molar-refractivity contribution in [3.63, 3.8) is 0 Å². The van der Waals surface area contributed by atoms with Gasteiger partial charge in [-0.25, -0.2) is 0 Å². The molecule has 1 fully saturated rings. The number of nitrogens with one attached hydrogen (secondary N) is 1. The molecule has 7 nitrogen and oxygen atoms in total. The van der Waals surface area contributed by atoms with E-state index in [1.807, 2.05) is 0 Å². The highest BCUT2D eigenvalue weighted by Gasteiger charge is 2.33. The van der Waals surface area contributed by atoms with Gasteiger partial charge < -0.3 is 15.3 Å². The maximum Gasteiger partial charge on any atom is 0.310 e. The van der Waals surface area contributed by atoms with Crippen LogP contribution in [0.1, 0.15) is 10.5 Å². The summed E-state index contributed by atoms with van der Waals surface area (Å²) < 4.78 is 0. The molecule has 1 aliphatic heterocycles. The first-order valence-corrected chi connectivity index (χ1v) is 5.15. The maximum atomic E-state index is 11.2. The molecule has 1 amide bonds. The monoisotopic (exact) mass is 236 g/mol. The second kappa shape index (κ2) is 4.36. The molecule has 1 aromatic heterocycles. The van der Waals surface area contributed by atoms with Crippen LogP contribution in [-0.2, 0) is 4.79 Å². The van der Waals surface area contributed by atoms with Crippen LogP contribution in [0, 0.1) is 5.92 Å². The van der Waals surface area contributed by atoms with E-state index in [9.17, 15) is 9.59 Å². The number of rotatable bonds is 3. The highest BCUT2D eigenvalue weighted by molar-refractivity contribution is 5.91. The fraction of sp³-hybridized carbons (Fsp3) is 0.400. The van der Waals surface area contributed by atoms with Crippen LogP contribution in [0.5, 0.6) is 0 Å². The zero-order valence-electron chi connectivity index (χ0n) is 9.25. The fourth-order valence-corrected chi connectivity index (χ4v) is 1.56. The highest BCUT2D eigenvalue weighted by Crippen LogP contribution is 2.21. The van der Waals surface area contributed by atoms with Crippen molar-refractivity contribution < 1.29 is 14.7 Å². The second-order valence-corrected chi connectivity index (χ2v) is 3.80. The third-order valence-corrected chi connectivity index (χ3v) is 2.66. The Morgan fingerprint density at radius 3 is 2.59 bits per heavy atom. The van der Waals surface area contributed by atoms with E-state index in [2.05, 4.69) is 15.5 Å². The average Bonchev–Trinajstić information content (AvgIpc) is 2.26. The normalized spacial score (nSPS) is 15.2. The van der Waals surface area contributed by atoms with Gasteiger partial charge in [0.25, 0.3) is 5.91 Å². The van der Waals surface area contributed by atoms with Gasteiger partial charge in [0, 0.05) is 20.1 Å². The largest absolute Gasteiger partial charge is 0.481 e. The van der Waals surface area contributed by atoms with Gasteiger partial charge in [0.1, 0.15) is 0 Å². The summed E-state index contributed by atoms with van der Waals surface area (Å²) in [4.78, 5) is 23.6. The summed E-state index contributed by atoms with van der Waals surface area (Å²) in [7, 11) is 1.52. The quantitative estimate of drug-likeness (QED) is 0.724. The average molecular weight is 236 g/mol. The molecule has 2 rings (SSSR count). The summed E-state index contributed by atoms with van der Waals surface area (Å²) in [6.07, 6.45) is 0. The molecule has 0 saturated carbocycles. The van der Waals surface area contributed by atoms with E-state index in [0.29, 0.717) is 18.9 Å². The molecule has 1 aliphatic rings. The van der Waals surface area contributed by atoms with Gasteiger partial charge in [-0.1, -0.05) is 0 Å². The molecule has 1 aromatic rings. The van der Waals surface area contributed by atoms with E-state index in [4.69, 9.17) is 5.11 Å². The lowest BCUT2D eigenvalue weighted by Gasteiger charge is -2.37. The minimum atomic E-state index is -0.795. The standard InChI is InChI=1S/C10H12N4O3/c1-11-9(15)7-2-3-8(13-12-7)14-4-6(5-14)10(16)17/h2-3,6H,4-5H2,1H3,(H,11,15)(H,16,17). The molecule has 0 spiro atoms. The molecule has 0 aliphatic carbocycles. The zero-order chi connectivity index (χ0) is 12.4. The van der Waals surface area contributed by atoms with Crippen molar-refractivity contribution in [3.8, 4) is 0 Å². The molecule has 0 radical (unpaired) electrons. The molecular weight excluding hydrogens is 224 g/mol. The molecule has 0 bridgehead atoms. The molecule has 2 heterocycles. The second-order valence-electron chi connectivity index (χ2n) is 3.80. The lowest BCUT2D eigenvalue weighted by molar-refractivity contribution is -0.142. The van der Waals surface area contributed by atoms with Crippen LogP contribution in [0.4, 0.5) is 5.82 Å². The third kappa shape index (κ3) is 2.17. The van der Waals surface area contributed by atoms with E-state index in [1.165, 1.54) is 7.05 Å². The van der Waals surface area contributed by atoms with Gasteiger partial charge in [-0.15, -0.1) is 10.2 Å². The number of aliphatic carboxylic acids is 1. The van der Waals surface area contributed by atoms with Crippen LogP contribution >= 0.6 is 0 Å². The molecule has 1 saturated heterocycles. The number of carboxylic acid groups (broad SMARTS) is 1. The van der Waals surface area contributed by atoms with Gasteiger partial charge in [-0.05, 0) is 12.1 Å². The molecule has 0 unspecified atom stereocenters. The van der Waals surface area contributed by atoms with Gasteiger partial charge in [0.15, 0.2) is 11.5 Å². The first-order chi connectivity index (χ1) is 8.11. The molecule has 7 heteroatoms. The van der Waals surface area contributed by atoms with Gasteiger partial charge in [-0.3, -0.25) is 9.59 Å². The van der Waals surface area contributed by atoms with Crippen molar-refractivity contribution in [2.45, 2.75) is 0 Å². The predicted molar refractivity (Wildman–Crippen MR) is 58.8 cm³/mol. The van der Waals surface area contributed by atoms with Crippen molar-refractivity contribution in [1.82, 2.24) is 15.5 Å². The van der Waals surface area contributed by atoms with Crippen molar-refractivity contribution in [3.05, 3.63) is 17.8 Å². The Kier molecular flexibility index (Phi) is 2.90. The van der Waals surface area contributed by atoms with E-state index < -0.39 is 5.97 Å². The highest BCUT2D eigenvalue weighted by atomic mass is 16.4. The number of hydrogen-bond acceptors (Lipinski definition) is 5. The van der Waals surface area contributed by atoms with E-state index >= 15 is 0 Å². The van der Waals surface area contributed by atoms with E-state index in [0.717, 1.165) is 0 Å². The van der Waals surface area contributed by atoms with Crippen LogP contribution in [0.25, 0.3) is 0 Å². The Morgan fingerprint density at radius 2 is 2.12 bits per heavy atom. The van der Waals surface area contributed by atoms with Gasteiger partial charge in [0.2, 0.25) is 0 Å². The van der Waals surface area contributed by atoms with Gasteiger partial charge >= 0.3 is 5.97 Å². The Hall–Kier alpha value is -2.18. The van der Waals surface area contributed by atoms with E-state index in [1.54, 1.807) is 17.0 Å². The summed E-state index contributed by atoms with van der Waals surface area (Å²) in [6.45, 7) is 0.868. The SMILES string of the molecule is CNC(=O)c1ccc(N2CC(C(=O)O)C2)nn1. The first-order valence-electron chi connectivity index (χ1n) is 5.15. The lowest BCUT2D eigenvalue weighted by Crippen LogP contribution is -2.50. The molecule has 90 valence electrons. The Bertz CT molecular complexity index is 439. The number of amides is 1. The number of anilines is 1. The number of carbonyl (C=O) groups is 2. The van der Waals surface area contributed by atoms with Gasteiger partial charge in [-0.2, -0.15) is 0 Å². The van der Waals surface area contributed by atoms with Crippen LogP contribution in [-0.4, -0.2) is 47.3 Å². The predicted octanol–water partition coefficient (Wildman–Crippen LogP) is -0.643. The van der Waals surface area contributed by atoms with E-state index in [-0.39, 0.29) is 17.5 Å². The summed E-state index contributed by atoms with van der Waals surface area (Å²) in [5.41, 5.74) is 0.242. The number of nitrogens with zero attached hydrogens (tertiary/aromatic N) is 3. The number of carbonyl (C=O) groups excluding carboxylic acids is 1. The molecule has 0 aromatic carbocycles. The smallest absolute Gasteiger partial charge is 0.310 e. The van der Waals surface area contributed by atoms with Crippen molar-refractivity contribution in [1.29, 1.82) is 0 Å². The summed E-state index contributed by atoms with van der Waals surface area (Å²) in [6, 6.07) is 3.23. The third-order valence-electron chi connectivity index (χ3n) is 2.66. The fourth-order valence-electron chi connectivity index (χ4n) is 1.56. The van der Waals surface area contributed by atoms with Crippen molar-refractivity contribution >= 4 is 17.7 Å². The number of carboxylic acids is 1. The molecule has 2 N–H and O–H groups in total. The van der Waals surface area contributed by atoms with Crippen LogP contribution in [0.2, 0.25) is 0 Å². The lowest BCUT2D eigenvalue weighted by atomic mass is 10.0. The van der Waals surface area contributed by atoms with Crippen molar-refractivity contribution in [2.24, 2.45) is 5.92 Å². The maximum absolute atomic E-state index is 11.2. The number of aromatic nitrogens is 2. The summed E-state index contributed by atoms with van der Waals surface area (Å²) in [5, 5.41) is 18.8. The van der Waals surface area contributed by atoms with Crippen LogP contribution in [0.15, 0.2) is 12.1 Å². The molecule has 17 heavy (non-hydrogen) atoms. The van der Waals surface area contributed by atoms with Gasteiger partial charge in [0.05, 0.1) is 5.92 Å². The van der Waals surface area contributed by atoms with Crippen LogP contribution in [0.3, 0.4) is 0 Å². The summed E-state index contributed by atoms with van der Waals surface area (Å²) >= 11 is 0. The minimum absolute atomic E-state index is 0.242. The van der Waals surface area contributed by atoms with Crippen molar-refractivity contribution in [2.75, 3.05) is 25.0 Å². The van der Waals surface area contributed by atoms with Crippen LogP contribution < -0.4 is 10.2 Å². The zero-order valence-corrected chi connectivity index (χ0v) is 9.25. The molecular formula is C10H12N4O3. The molecule has 0 atom stereocenters. The first kappa shape index (κ1) is 11.3. The Balaban J connectivity index is 2.00. The number of hydrogen-bond donors (Lipinski definition) is 2. The Morgan fingerprint density at radius 1 is 1.41 bits per heavy atom. The summed E-state index contributed by atoms with van der Waals surface area (Å²) in [5.74, 6) is -0.835. The minimum Gasteiger partial charge on any atom is -0.481 e. The topological polar surface area (TPSA) is 95.4 Å².